The molecule has 0 aromatic carbocycles. The third-order valence-electron chi connectivity index (χ3n) is 5.15. The number of piperidine rings is 1. The van der Waals surface area contributed by atoms with E-state index in [2.05, 4.69) is 44.8 Å². The highest BCUT2D eigenvalue weighted by Crippen LogP contribution is 2.48. The Kier molecular flexibility index (Phi) is 2.63. The van der Waals surface area contributed by atoms with E-state index in [0.29, 0.717) is 17.0 Å². The van der Waals surface area contributed by atoms with E-state index in [-0.39, 0.29) is 0 Å². The zero-order valence-corrected chi connectivity index (χ0v) is 10.9. The summed E-state index contributed by atoms with van der Waals surface area (Å²) < 4.78 is 0. The van der Waals surface area contributed by atoms with Crippen molar-refractivity contribution in [2.75, 3.05) is 19.6 Å². The number of nitrogens with zero attached hydrogens (tertiary/aromatic N) is 1. The van der Waals surface area contributed by atoms with Crippen LogP contribution < -0.4 is 5.32 Å². The zero-order valence-electron chi connectivity index (χ0n) is 10.9. The Balaban J connectivity index is 2.19. The minimum Gasteiger partial charge on any atom is -0.316 e. The Labute approximate surface area is 94.4 Å². The second kappa shape index (κ2) is 3.46. The van der Waals surface area contributed by atoms with Gasteiger partial charge in [0.05, 0.1) is 0 Å². The van der Waals surface area contributed by atoms with Gasteiger partial charge in [-0.3, -0.25) is 4.90 Å². The molecule has 2 heteroatoms. The average molecular weight is 210 g/mol. The lowest BCUT2D eigenvalue weighted by Crippen LogP contribution is -2.69. The topological polar surface area (TPSA) is 15.3 Å². The molecule has 2 fully saturated rings. The van der Waals surface area contributed by atoms with Crippen molar-refractivity contribution in [3.63, 3.8) is 0 Å². The number of hydrogen-bond acceptors (Lipinski definition) is 2. The summed E-state index contributed by atoms with van der Waals surface area (Å²) >= 11 is 0. The molecule has 0 aromatic heterocycles. The van der Waals surface area contributed by atoms with Crippen LogP contribution in [0.5, 0.6) is 0 Å². The highest BCUT2D eigenvalue weighted by Gasteiger charge is 2.53. The minimum atomic E-state index is 0.356. The Hall–Kier alpha value is -0.0800. The molecule has 1 N–H and O–H groups in total. The number of likely N-dealkylation sites (tertiary alicyclic amines) is 1. The average Bonchev–Trinajstić information content (AvgIpc) is 2.06. The summed E-state index contributed by atoms with van der Waals surface area (Å²) in [6.07, 6.45) is 1.38. The van der Waals surface area contributed by atoms with Gasteiger partial charge >= 0.3 is 0 Å². The van der Waals surface area contributed by atoms with Gasteiger partial charge in [0.1, 0.15) is 0 Å². The maximum Gasteiger partial charge on any atom is 0.0187 e. The smallest absolute Gasteiger partial charge is 0.0187 e. The van der Waals surface area contributed by atoms with Crippen molar-refractivity contribution in [1.29, 1.82) is 0 Å². The van der Waals surface area contributed by atoms with Crippen LogP contribution in [0.3, 0.4) is 0 Å². The lowest BCUT2D eigenvalue weighted by molar-refractivity contribution is -0.0980. The molecule has 2 nitrogen and oxygen atoms in total. The fourth-order valence-corrected chi connectivity index (χ4v) is 3.70. The summed E-state index contributed by atoms with van der Waals surface area (Å²) in [7, 11) is 0. The SMILES string of the molecule is CC(C)N1CCC2(CNC2)C(C)C1(C)C. The summed E-state index contributed by atoms with van der Waals surface area (Å²) in [5, 5.41) is 3.47. The van der Waals surface area contributed by atoms with Crippen LogP contribution in [0.4, 0.5) is 0 Å². The number of rotatable bonds is 1. The number of hydrogen-bond donors (Lipinski definition) is 1. The molecule has 0 aromatic rings. The van der Waals surface area contributed by atoms with Crippen molar-refractivity contribution >= 4 is 0 Å². The van der Waals surface area contributed by atoms with E-state index in [9.17, 15) is 0 Å². The van der Waals surface area contributed by atoms with Crippen molar-refractivity contribution < 1.29 is 0 Å². The van der Waals surface area contributed by atoms with Gasteiger partial charge in [-0.2, -0.15) is 0 Å². The lowest BCUT2D eigenvalue weighted by atomic mass is 9.59. The molecule has 15 heavy (non-hydrogen) atoms. The molecule has 2 aliphatic heterocycles. The molecule has 88 valence electrons. The third kappa shape index (κ3) is 1.53. The Morgan fingerprint density at radius 1 is 1.27 bits per heavy atom. The van der Waals surface area contributed by atoms with E-state index < -0.39 is 0 Å². The van der Waals surface area contributed by atoms with E-state index in [1.807, 2.05) is 0 Å². The van der Waals surface area contributed by atoms with E-state index in [1.54, 1.807) is 0 Å². The largest absolute Gasteiger partial charge is 0.316 e. The first kappa shape index (κ1) is 11.4. The van der Waals surface area contributed by atoms with Crippen LogP contribution in [0.15, 0.2) is 0 Å². The molecule has 1 spiro atoms. The van der Waals surface area contributed by atoms with Gasteiger partial charge in [0.15, 0.2) is 0 Å². The Morgan fingerprint density at radius 3 is 2.27 bits per heavy atom. The van der Waals surface area contributed by atoms with Gasteiger partial charge in [-0.1, -0.05) is 6.92 Å². The van der Waals surface area contributed by atoms with E-state index in [1.165, 1.54) is 26.1 Å². The molecular weight excluding hydrogens is 184 g/mol. The van der Waals surface area contributed by atoms with E-state index in [0.717, 1.165) is 5.92 Å². The van der Waals surface area contributed by atoms with Crippen LogP contribution in [-0.2, 0) is 0 Å². The monoisotopic (exact) mass is 210 g/mol. The van der Waals surface area contributed by atoms with Crippen molar-refractivity contribution in [3.8, 4) is 0 Å². The summed E-state index contributed by atoms with van der Waals surface area (Å²) in [5.41, 5.74) is 0.962. The van der Waals surface area contributed by atoms with Crippen LogP contribution in [0.2, 0.25) is 0 Å². The van der Waals surface area contributed by atoms with Crippen molar-refractivity contribution in [1.82, 2.24) is 10.2 Å². The Morgan fingerprint density at radius 2 is 1.87 bits per heavy atom. The van der Waals surface area contributed by atoms with Crippen LogP contribution >= 0.6 is 0 Å². The molecule has 1 atom stereocenters. The second-order valence-electron chi connectivity index (χ2n) is 6.38. The van der Waals surface area contributed by atoms with Crippen LogP contribution in [0, 0.1) is 11.3 Å². The summed E-state index contributed by atoms with van der Waals surface area (Å²) in [5.74, 6) is 0.794. The summed E-state index contributed by atoms with van der Waals surface area (Å²) in [4.78, 5) is 2.68. The van der Waals surface area contributed by atoms with Gasteiger partial charge in [0, 0.05) is 30.1 Å². The summed E-state index contributed by atoms with van der Waals surface area (Å²) in [6, 6.07) is 0.674. The molecule has 0 radical (unpaired) electrons. The number of nitrogens with one attached hydrogen (secondary N) is 1. The lowest BCUT2D eigenvalue weighted by Gasteiger charge is -2.61. The van der Waals surface area contributed by atoms with Crippen LogP contribution in [0.1, 0.15) is 41.0 Å². The second-order valence-corrected chi connectivity index (χ2v) is 6.38. The molecule has 1 unspecified atom stereocenters. The maximum atomic E-state index is 3.47. The molecule has 0 bridgehead atoms. The standard InChI is InChI=1S/C13H26N2/c1-10(2)15-7-6-13(8-14-9-13)11(3)12(15,4)5/h10-11,14H,6-9H2,1-5H3. The predicted molar refractivity (Wildman–Crippen MR) is 65.0 cm³/mol. The van der Waals surface area contributed by atoms with Crippen LogP contribution in [0.25, 0.3) is 0 Å². The minimum absolute atomic E-state index is 0.356. The van der Waals surface area contributed by atoms with Gasteiger partial charge in [-0.05, 0) is 46.6 Å². The third-order valence-corrected chi connectivity index (χ3v) is 5.15. The zero-order chi connectivity index (χ0) is 11.3. The first-order chi connectivity index (χ1) is 6.90. The van der Waals surface area contributed by atoms with Gasteiger partial charge in [-0.15, -0.1) is 0 Å². The van der Waals surface area contributed by atoms with Gasteiger partial charge in [0.2, 0.25) is 0 Å². The fraction of sp³-hybridized carbons (Fsp3) is 1.00. The highest BCUT2D eigenvalue weighted by molar-refractivity contribution is 5.08. The first-order valence-electron chi connectivity index (χ1n) is 6.38. The fourth-order valence-electron chi connectivity index (χ4n) is 3.70. The normalized spacial score (nSPS) is 34.4. The molecule has 2 aliphatic rings. The molecule has 0 amide bonds. The van der Waals surface area contributed by atoms with Crippen molar-refractivity contribution in [2.45, 2.75) is 52.6 Å². The molecule has 0 aliphatic carbocycles. The molecule has 2 heterocycles. The van der Waals surface area contributed by atoms with Gasteiger partial charge in [-0.25, -0.2) is 0 Å². The predicted octanol–water partition coefficient (Wildman–Crippen LogP) is 2.10. The maximum absolute atomic E-state index is 3.47. The molecule has 2 saturated heterocycles. The summed E-state index contributed by atoms with van der Waals surface area (Å²) in [6.45, 7) is 15.7. The van der Waals surface area contributed by atoms with Crippen molar-refractivity contribution in [2.24, 2.45) is 11.3 Å². The first-order valence-corrected chi connectivity index (χ1v) is 6.38. The van der Waals surface area contributed by atoms with Crippen LogP contribution in [-0.4, -0.2) is 36.1 Å². The highest BCUT2D eigenvalue weighted by atomic mass is 15.2. The molecule has 2 rings (SSSR count). The quantitative estimate of drug-likeness (QED) is 0.713. The molecular formula is C13H26N2. The van der Waals surface area contributed by atoms with E-state index in [4.69, 9.17) is 0 Å². The van der Waals surface area contributed by atoms with E-state index >= 15 is 0 Å². The van der Waals surface area contributed by atoms with Gasteiger partial charge in [0.25, 0.3) is 0 Å². The molecule has 0 saturated carbocycles. The Bertz CT molecular complexity index is 241. The van der Waals surface area contributed by atoms with Gasteiger partial charge < -0.3 is 5.32 Å². The van der Waals surface area contributed by atoms with Crippen molar-refractivity contribution in [3.05, 3.63) is 0 Å².